The van der Waals surface area contributed by atoms with Crippen LogP contribution in [0.1, 0.15) is 50.0 Å². The summed E-state index contributed by atoms with van der Waals surface area (Å²) in [6.45, 7) is 14.9. The van der Waals surface area contributed by atoms with Crippen LogP contribution in [0.4, 0.5) is 0 Å². The quantitative estimate of drug-likeness (QED) is 0.667. The van der Waals surface area contributed by atoms with Crippen LogP contribution in [0.2, 0.25) is 19.6 Å². The molecule has 1 rings (SSSR count). The maximum absolute atomic E-state index is 11.7. The molecule has 1 aromatic heterocycles. The summed E-state index contributed by atoms with van der Waals surface area (Å²) >= 11 is 0. The Balaban J connectivity index is 3.01. The van der Waals surface area contributed by atoms with Crippen LogP contribution in [0.25, 0.3) is 0 Å². The van der Waals surface area contributed by atoms with E-state index in [9.17, 15) is 4.79 Å². The molecule has 0 fully saturated rings. The van der Waals surface area contributed by atoms with Crippen molar-refractivity contribution < 1.29 is 14.0 Å². The van der Waals surface area contributed by atoms with Crippen LogP contribution >= 0.6 is 0 Å². The van der Waals surface area contributed by atoms with Crippen molar-refractivity contribution in [2.45, 2.75) is 53.4 Å². The Morgan fingerprint density at radius 3 is 2.45 bits per heavy atom. The SMILES string of the molecule is CCOC(=O)c1cc(C(O[Si](C)(C)C)C(C)(C)C)[nH]n1. The lowest BCUT2D eigenvalue weighted by Crippen LogP contribution is -2.34. The van der Waals surface area contributed by atoms with E-state index >= 15 is 0 Å². The fourth-order valence-electron chi connectivity index (χ4n) is 1.84. The summed E-state index contributed by atoms with van der Waals surface area (Å²) in [5.74, 6) is -0.407. The summed E-state index contributed by atoms with van der Waals surface area (Å²) < 4.78 is 11.2. The molecule has 0 bridgehead atoms. The second-order valence-electron chi connectivity index (χ2n) is 6.91. The molecule has 114 valence electrons. The Morgan fingerprint density at radius 2 is 2.00 bits per heavy atom. The van der Waals surface area contributed by atoms with E-state index in [1.807, 2.05) is 0 Å². The number of nitrogens with zero attached hydrogens (tertiary/aromatic N) is 1. The van der Waals surface area contributed by atoms with Gasteiger partial charge in [0.05, 0.1) is 18.4 Å². The number of ether oxygens (including phenoxy) is 1. The third kappa shape index (κ3) is 4.75. The first-order chi connectivity index (χ1) is 9.04. The molecule has 0 aliphatic rings. The van der Waals surface area contributed by atoms with Gasteiger partial charge in [0.2, 0.25) is 0 Å². The highest BCUT2D eigenvalue weighted by Crippen LogP contribution is 2.37. The molecule has 1 N–H and O–H groups in total. The van der Waals surface area contributed by atoms with Gasteiger partial charge in [-0.3, -0.25) is 5.10 Å². The van der Waals surface area contributed by atoms with Gasteiger partial charge in [-0.15, -0.1) is 0 Å². The number of aromatic nitrogens is 2. The van der Waals surface area contributed by atoms with Gasteiger partial charge in [0, 0.05) is 0 Å². The van der Waals surface area contributed by atoms with E-state index in [0.29, 0.717) is 12.3 Å². The topological polar surface area (TPSA) is 64.2 Å². The summed E-state index contributed by atoms with van der Waals surface area (Å²) in [5.41, 5.74) is 1.04. The summed E-state index contributed by atoms with van der Waals surface area (Å²) in [7, 11) is -1.71. The van der Waals surface area contributed by atoms with Crippen LogP contribution in [0, 0.1) is 5.41 Å². The lowest BCUT2D eigenvalue weighted by atomic mass is 9.87. The Kier molecular flexibility index (Phi) is 5.15. The number of hydrogen-bond donors (Lipinski definition) is 1. The minimum Gasteiger partial charge on any atom is -0.461 e. The van der Waals surface area contributed by atoms with Crippen molar-refractivity contribution in [1.29, 1.82) is 0 Å². The van der Waals surface area contributed by atoms with E-state index in [0.717, 1.165) is 5.69 Å². The fraction of sp³-hybridized carbons (Fsp3) is 0.714. The number of rotatable bonds is 5. The Bertz CT molecular complexity index is 458. The molecule has 0 saturated heterocycles. The number of carbonyl (C=O) groups is 1. The predicted molar refractivity (Wildman–Crippen MR) is 81.2 cm³/mol. The highest BCUT2D eigenvalue weighted by Gasteiger charge is 2.33. The van der Waals surface area contributed by atoms with Crippen LogP contribution in [-0.4, -0.2) is 31.1 Å². The highest BCUT2D eigenvalue weighted by atomic mass is 28.4. The number of H-pyrrole nitrogens is 1. The zero-order valence-corrected chi connectivity index (χ0v) is 14.5. The molecule has 0 amide bonds. The van der Waals surface area contributed by atoms with E-state index < -0.39 is 14.3 Å². The number of carbonyl (C=O) groups excluding carboxylic acids is 1. The summed E-state index contributed by atoms with van der Waals surface area (Å²) in [6.07, 6.45) is -0.121. The lowest BCUT2D eigenvalue weighted by Gasteiger charge is -2.35. The van der Waals surface area contributed by atoms with Crippen LogP contribution in [0.5, 0.6) is 0 Å². The largest absolute Gasteiger partial charge is 0.461 e. The van der Waals surface area contributed by atoms with Gasteiger partial charge in [-0.05, 0) is 38.0 Å². The van der Waals surface area contributed by atoms with E-state index in [1.165, 1.54) is 0 Å². The fourth-order valence-corrected chi connectivity index (χ4v) is 3.03. The second kappa shape index (κ2) is 6.09. The lowest BCUT2D eigenvalue weighted by molar-refractivity contribution is 0.0519. The number of hydrogen-bond acceptors (Lipinski definition) is 4. The van der Waals surface area contributed by atoms with Gasteiger partial charge in [0.25, 0.3) is 0 Å². The smallest absolute Gasteiger partial charge is 0.358 e. The highest BCUT2D eigenvalue weighted by molar-refractivity contribution is 6.69. The zero-order chi connectivity index (χ0) is 15.6. The van der Waals surface area contributed by atoms with Crippen LogP contribution in [0.15, 0.2) is 6.07 Å². The van der Waals surface area contributed by atoms with Crippen molar-refractivity contribution >= 4 is 14.3 Å². The van der Waals surface area contributed by atoms with Crippen LogP contribution in [-0.2, 0) is 9.16 Å². The number of nitrogens with one attached hydrogen (secondary N) is 1. The molecule has 6 heteroatoms. The summed E-state index contributed by atoms with van der Waals surface area (Å²) in [6, 6.07) is 1.73. The minimum atomic E-state index is -1.71. The molecule has 1 aromatic rings. The number of esters is 1. The third-order valence-corrected chi connectivity index (χ3v) is 3.57. The summed E-state index contributed by atoms with van der Waals surface area (Å²) in [5, 5.41) is 6.96. The molecule has 1 heterocycles. The van der Waals surface area contributed by atoms with Gasteiger partial charge >= 0.3 is 5.97 Å². The van der Waals surface area contributed by atoms with Crippen LogP contribution < -0.4 is 0 Å². The van der Waals surface area contributed by atoms with Crippen molar-refractivity contribution in [3.63, 3.8) is 0 Å². The standard InChI is InChI=1S/C14H26N2O3Si/c1-8-18-13(17)11-9-10(15-16-11)12(14(2,3)4)19-20(5,6)7/h9,12H,8H2,1-7H3,(H,15,16). The average molecular weight is 298 g/mol. The Hall–Kier alpha value is -1.14. The van der Waals surface area contributed by atoms with Gasteiger partial charge in [0.15, 0.2) is 14.0 Å². The summed E-state index contributed by atoms with van der Waals surface area (Å²) in [4.78, 5) is 11.7. The molecule has 20 heavy (non-hydrogen) atoms. The molecule has 0 spiro atoms. The average Bonchev–Trinajstić information content (AvgIpc) is 2.72. The molecule has 5 nitrogen and oxygen atoms in total. The van der Waals surface area contributed by atoms with Gasteiger partial charge < -0.3 is 9.16 Å². The molecule has 0 radical (unpaired) electrons. The second-order valence-corrected chi connectivity index (χ2v) is 11.4. The first-order valence-electron chi connectivity index (χ1n) is 6.95. The van der Waals surface area contributed by atoms with Gasteiger partial charge in [-0.25, -0.2) is 4.79 Å². The van der Waals surface area contributed by atoms with Crippen molar-refractivity contribution in [1.82, 2.24) is 10.2 Å². The predicted octanol–water partition coefficient (Wildman–Crippen LogP) is 3.53. The van der Waals surface area contributed by atoms with Crippen molar-refractivity contribution in [3.8, 4) is 0 Å². The molecule has 1 unspecified atom stereocenters. The number of aromatic amines is 1. The first kappa shape index (κ1) is 16.9. The van der Waals surface area contributed by atoms with Gasteiger partial charge in [-0.1, -0.05) is 20.8 Å². The molecule has 0 aromatic carbocycles. The monoisotopic (exact) mass is 298 g/mol. The Labute approximate surface area is 122 Å². The maximum Gasteiger partial charge on any atom is 0.358 e. The van der Waals surface area contributed by atoms with Crippen molar-refractivity contribution in [3.05, 3.63) is 17.5 Å². The van der Waals surface area contributed by atoms with Gasteiger partial charge in [-0.2, -0.15) is 5.10 Å². The van der Waals surface area contributed by atoms with E-state index in [1.54, 1.807) is 13.0 Å². The molecule has 0 aliphatic heterocycles. The van der Waals surface area contributed by atoms with E-state index in [2.05, 4.69) is 50.6 Å². The molecule has 1 atom stereocenters. The van der Waals surface area contributed by atoms with Crippen molar-refractivity contribution in [2.24, 2.45) is 5.41 Å². The molecule has 0 aliphatic carbocycles. The molecular formula is C14H26N2O3Si. The molecular weight excluding hydrogens is 272 g/mol. The third-order valence-electron chi connectivity index (χ3n) is 2.62. The van der Waals surface area contributed by atoms with E-state index in [4.69, 9.17) is 9.16 Å². The van der Waals surface area contributed by atoms with Crippen LogP contribution in [0.3, 0.4) is 0 Å². The first-order valence-corrected chi connectivity index (χ1v) is 10.4. The minimum absolute atomic E-state index is 0.0846. The van der Waals surface area contributed by atoms with Gasteiger partial charge in [0.1, 0.15) is 0 Å². The van der Waals surface area contributed by atoms with E-state index in [-0.39, 0.29) is 11.5 Å². The molecule has 0 saturated carbocycles. The normalized spacial score (nSPS) is 14.2. The maximum atomic E-state index is 11.7. The van der Waals surface area contributed by atoms with Crippen molar-refractivity contribution in [2.75, 3.05) is 6.61 Å². The zero-order valence-electron chi connectivity index (χ0n) is 13.5. The Morgan fingerprint density at radius 1 is 1.40 bits per heavy atom.